The van der Waals surface area contributed by atoms with E-state index in [-0.39, 0.29) is 6.04 Å². The lowest BCUT2D eigenvalue weighted by Crippen LogP contribution is -2.45. The third-order valence-corrected chi connectivity index (χ3v) is 2.31. The van der Waals surface area contributed by atoms with Crippen molar-refractivity contribution < 1.29 is 14.7 Å². The Bertz CT molecular complexity index is 449. The van der Waals surface area contributed by atoms with Gasteiger partial charge in [0.15, 0.2) is 0 Å². The number of carboxylic acid groups (broad SMARTS) is 1. The summed E-state index contributed by atoms with van der Waals surface area (Å²) in [4.78, 5) is 23.8. The quantitative estimate of drug-likeness (QED) is 0.882. The van der Waals surface area contributed by atoms with Crippen LogP contribution in [0.2, 0.25) is 5.02 Å². The lowest BCUT2D eigenvalue weighted by Gasteiger charge is -2.22. The lowest BCUT2D eigenvalue weighted by molar-refractivity contribution is -0.135. The van der Waals surface area contributed by atoms with E-state index in [1.807, 2.05) is 0 Å². The molecule has 0 unspecified atom stereocenters. The predicted octanol–water partition coefficient (Wildman–Crippen LogP) is 2.35. The Hall–Kier alpha value is -1.75. The Morgan fingerprint density at radius 2 is 2.11 bits per heavy atom. The van der Waals surface area contributed by atoms with Crippen molar-refractivity contribution in [2.45, 2.75) is 19.9 Å². The second-order valence-electron chi connectivity index (χ2n) is 4.06. The number of carbonyl (C=O) groups is 2. The van der Waals surface area contributed by atoms with Crippen molar-refractivity contribution in [3.63, 3.8) is 0 Å². The normalized spacial score (nSPS) is 10.2. The summed E-state index contributed by atoms with van der Waals surface area (Å²) in [5, 5.41) is 11.9. The zero-order chi connectivity index (χ0) is 13.7. The first-order chi connectivity index (χ1) is 8.40. The summed E-state index contributed by atoms with van der Waals surface area (Å²) < 4.78 is 0. The summed E-state index contributed by atoms with van der Waals surface area (Å²) in [6.45, 7) is 3.18. The van der Waals surface area contributed by atoms with Crippen LogP contribution in [0.3, 0.4) is 0 Å². The highest BCUT2D eigenvalue weighted by atomic mass is 35.5. The van der Waals surface area contributed by atoms with Crippen molar-refractivity contribution in [3.05, 3.63) is 29.3 Å². The zero-order valence-corrected chi connectivity index (χ0v) is 10.9. The summed E-state index contributed by atoms with van der Waals surface area (Å²) in [6.07, 6.45) is 0. The van der Waals surface area contributed by atoms with E-state index in [2.05, 4.69) is 5.32 Å². The lowest BCUT2D eigenvalue weighted by atomic mass is 10.3. The number of carbonyl (C=O) groups excluding carboxylic acids is 1. The Balaban J connectivity index is 2.97. The molecule has 0 aliphatic rings. The third-order valence-electron chi connectivity index (χ3n) is 2.07. The van der Waals surface area contributed by atoms with Gasteiger partial charge in [-0.1, -0.05) is 17.7 Å². The fourth-order valence-electron chi connectivity index (χ4n) is 1.38. The molecule has 18 heavy (non-hydrogen) atoms. The summed E-state index contributed by atoms with van der Waals surface area (Å²) in [5.74, 6) is -1.09. The summed E-state index contributed by atoms with van der Waals surface area (Å²) in [5.41, 5.74) is 0.447. The van der Waals surface area contributed by atoms with Crippen molar-refractivity contribution in [2.75, 3.05) is 11.4 Å². The van der Waals surface area contributed by atoms with Gasteiger partial charge in [-0.25, -0.2) is 4.79 Å². The Morgan fingerprint density at radius 1 is 1.44 bits per heavy atom. The molecule has 1 rings (SSSR count). The minimum absolute atomic E-state index is 0.0759. The SMILES string of the molecule is CC(C)NC(=O)N(CC(=O)O)c1cccc(Cl)c1. The molecule has 2 amide bonds. The standard InChI is InChI=1S/C12H15ClN2O3/c1-8(2)14-12(18)15(7-11(16)17)10-5-3-4-9(13)6-10/h3-6,8H,7H2,1-2H3,(H,14,18)(H,16,17). The van der Waals surface area contributed by atoms with E-state index in [1.165, 1.54) is 0 Å². The molecule has 0 aliphatic heterocycles. The molecule has 0 aliphatic carbocycles. The second kappa shape index (κ2) is 6.26. The smallest absolute Gasteiger partial charge is 0.323 e. The number of nitrogens with one attached hydrogen (secondary N) is 1. The van der Waals surface area contributed by atoms with Crippen LogP contribution in [0.15, 0.2) is 24.3 Å². The molecular weight excluding hydrogens is 256 g/mol. The Labute approximate surface area is 110 Å². The number of hydrogen-bond donors (Lipinski definition) is 2. The fraction of sp³-hybridized carbons (Fsp3) is 0.333. The van der Waals surface area contributed by atoms with E-state index >= 15 is 0 Å². The zero-order valence-electron chi connectivity index (χ0n) is 10.2. The number of halogens is 1. The molecule has 0 saturated carbocycles. The van der Waals surface area contributed by atoms with Crippen LogP contribution in [-0.2, 0) is 4.79 Å². The van der Waals surface area contributed by atoms with Crippen LogP contribution in [0.4, 0.5) is 10.5 Å². The molecule has 0 fully saturated rings. The minimum atomic E-state index is -1.09. The highest BCUT2D eigenvalue weighted by Crippen LogP contribution is 2.19. The number of rotatable bonds is 4. The highest BCUT2D eigenvalue weighted by molar-refractivity contribution is 6.30. The van der Waals surface area contributed by atoms with Gasteiger partial charge in [-0.2, -0.15) is 0 Å². The topological polar surface area (TPSA) is 69.6 Å². The molecule has 0 atom stereocenters. The second-order valence-corrected chi connectivity index (χ2v) is 4.50. The molecule has 2 N–H and O–H groups in total. The summed E-state index contributed by atoms with van der Waals surface area (Å²) in [6, 6.07) is 5.96. The molecule has 0 heterocycles. The molecule has 0 saturated heterocycles. The third kappa shape index (κ3) is 4.25. The first-order valence-electron chi connectivity index (χ1n) is 5.45. The van der Waals surface area contributed by atoms with Crippen molar-refractivity contribution in [2.24, 2.45) is 0 Å². The van der Waals surface area contributed by atoms with Gasteiger partial charge in [0.1, 0.15) is 6.54 Å². The molecule has 0 radical (unpaired) electrons. The summed E-state index contributed by atoms with van der Waals surface area (Å²) in [7, 11) is 0. The maximum atomic E-state index is 11.9. The van der Waals surface area contributed by atoms with Crippen molar-refractivity contribution >= 4 is 29.3 Å². The van der Waals surface area contributed by atoms with E-state index in [0.29, 0.717) is 10.7 Å². The molecule has 0 spiro atoms. The van der Waals surface area contributed by atoms with E-state index in [1.54, 1.807) is 38.1 Å². The summed E-state index contributed by atoms with van der Waals surface area (Å²) >= 11 is 5.83. The van der Waals surface area contributed by atoms with Crippen LogP contribution in [0, 0.1) is 0 Å². The number of nitrogens with zero attached hydrogens (tertiary/aromatic N) is 1. The number of anilines is 1. The van der Waals surface area contributed by atoms with Crippen LogP contribution >= 0.6 is 11.6 Å². The van der Waals surface area contributed by atoms with Gasteiger partial charge in [-0.3, -0.25) is 9.69 Å². The highest BCUT2D eigenvalue weighted by Gasteiger charge is 2.19. The number of benzene rings is 1. The fourth-order valence-corrected chi connectivity index (χ4v) is 1.57. The monoisotopic (exact) mass is 270 g/mol. The maximum absolute atomic E-state index is 11.9. The van der Waals surface area contributed by atoms with Crippen LogP contribution < -0.4 is 10.2 Å². The molecule has 5 nitrogen and oxygen atoms in total. The predicted molar refractivity (Wildman–Crippen MR) is 70.1 cm³/mol. The van der Waals surface area contributed by atoms with Crippen LogP contribution in [0.1, 0.15) is 13.8 Å². The van der Waals surface area contributed by atoms with Crippen molar-refractivity contribution in [1.82, 2.24) is 5.32 Å². The van der Waals surface area contributed by atoms with Crippen LogP contribution in [0.25, 0.3) is 0 Å². The van der Waals surface area contributed by atoms with Gasteiger partial charge < -0.3 is 10.4 Å². The van der Waals surface area contributed by atoms with E-state index < -0.39 is 18.5 Å². The number of hydrogen-bond acceptors (Lipinski definition) is 2. The van der Waals surface area contributed by atoms with Gasteiger partial charge in [-0.05, 0) is 32.0 Å². The van der Waals surface area contributed by atoms with Crippen molar-refractivity contribution in [1.29, 1.82) is 0 Å². The van der Waals surface area contributed by atoms with E-state index in [9.17, 15) is 9.59 Å². The number of carboxylic acids is 1. The molecular formula is C12H15ClN2O3. The average molecular weight is 271 g/mol. The molecule has 98 valence electrons. The molecule has 0 aromatic heterocycles. The number of urea groups is 1. The van der Waals surface area contributed by atoms with Crippen LogP contribution in [-0.4, -0.2) is 29.7 Å². The van der Waals surface area contributed by atoms with Gasteiger partial charge in [0.05, 0.1) is 0 Å². The maximum Gasteiger partial charge on any atom is 0.323 e. The number of aliphatic carboxylic acids is 1. The Morgan fingerprint density at radius 3 is 2.61 bits per heavy atom. The van der Waals surface area contributed by atoms with E-state index in [4.69, 9.17) is 16.7 Å². The van der Waals surface area contributed by atoms with Gasteiger partial charge in [0.25, 0.3) is 0 Å². The first-order valence-corrected chi connectivity index (χ1v) is 5.83. The molecule has 0 bridgehead atoms. The molecule has 6 heteroatoms. The average Bonchev–Trinajstić information content (AvgIpc) is 2.24. The van der Waals surface area contributed by atoms with E-state index in [0.717, 1.165) is 4.90 Å². The number of amides is 2. The van der Waals surface area contributed by atoms with Gasteiger partial charge in [0.2, 0.25) is 0 Å². The van der Waals surface area contributed by atoms with Crippen molar-refractivity contribution in [3.8, 4) is 0 Å². The largest absolute Gasteiger partial charge is 0.480 e. The molecule has 1 aromatic rings. The van der Waals surface area contributed by atoms with Crippen LogP contribution in [0.5, 0.6) is 0 Å². The van der Waals surface area contributed by atoms with Gasteiger partial charge in [0, 0.05) is 16.8 Å². The molecule has 1 aromatic carbocycles. The Kier molecular flexibility index (Phi) is 4.97. The van der Waals surface area contributed by atoms with Gasteiger partial charge >= 0.3 is 12.0 Å². The minimum Gasteiger partial charge on any atom is -0.480 e. The first kappa shape index (κ1) is 14.3. The van der Waals surface area contributed by atoms with Gasteiger partial charge in [-0.15, -0.1) is 0 Å².